The summed E-state index contributed by atoms with van der Waals surface area (Å²) >= 11 is 0. The van der Waals surface area contributed by atoms with Gasteiger partial charge in [0.25, 0.3) is 0 Å². The van der Waals surface area contributed by atoms with Crippen LogP contribution in [0.1, 0.15) is 10.4 Å². The third-order valence-electron chi connectivity index (χ3n) is 1.50. The van der Waals surface area contributed by atoms with Gasteiger partial charge in [0.2, 0.25) is 0 Å². The number of nitrogens with one attached hydrogen (secondary N) is 1. The Morgan fingerprint density at radius 3 is 2.43 bits per heavy atom. The molecule has 0 spiro atoms. The molecule has 2 amide bonds. The first-order valence-corrected chi connectivity index (χ1v) is 3.63. The first-order valence-electron chi connectivity index (χ1n) is 3.63. The summed E-state index contributed by atoms with van der Waals surface area (Å²) in [6, 6.07) is 2.82. The second kappa shape index (κ2) is 3.65. The van der Waals surface area contributed by atoms with Gasteiger partial charge in [-0.05, 0) is 12.1 Å². The van der Waals surface area contributed by atoms with E-state index >= 15 is 0 Å². The summed E-state index contributed by atoms with van der Waals surface area (Å²) < 4.78 is 0. The molecule has 1 aromatic rings. The van der Waals surface area contributed by atoms with Gasteiger partial charge in [0.05, 0.1) is 0 Å². The van der Waals surface area contributed by atoms with Crippen LogP contribution < -0.4 is 11.1 Å². The number of nitrogens with two attached hydrogens (primary N) is 1. The van der Waals surface area contributed by atoms with Gasteiger partial charge >= 0.3 is 12.0 Å². The Morgan fingerprint density at radius 1 is 1.36 bits per heavy atom. The number of urea groups is 1. The monoisotopic (exact) mass is 196 g/mol. The van der Waals surface area contributed by atoms with Crippen molar-refractivity contribution in [3.63, 3.8) is 0 Å². The number of hydrogen-bond acceptors (Lipinski definition) is 3. The Kier molecular flexibility index (Phi) is 2.57. The molecule has 0 aliphatic rings. The van der Waals surface area contributed by atoms with Crippen molar-refractivity contribution >= 4 is 17.7 Å². The predicted molar refractivity (Wildman–Crippen MR) is 48.3 cm³/mol. The van der Waals surface area contributed by atoms with Crippen LogP contribution in [0.25, 0.3) is 0 Å². The molecule has 0 aliphatic carbocycles. The third kappa shape index (κ3) is 2.13. The number of carboxylic acid groups (broad SMARTS) is 1. The highest BCUT2D eigenvalue weighted by Crippen LogP contribution is 2.21. The fraction of sp³-hybridized carbons (Fsp3) is 0. The third-order valence-corrected chi connectivity index (χ3v) is 1.50. The number of hydrogen-bond donors (Lipinski definition) is 4. The molecule has 0 saturated heterocycles. The lowest BCUT2D eigenvalue weighted by Gasteiger charge is -2.03. The first-order chi connectivity index (χ1) is 6.50. The molecule has 5 N–H and O–H groups in total. The van der Waals surface area contributed by atoms with Crippen LogP contribution in [-0.4, -0.2) is 22.2 Å². The summed E-state index contributed by atoms with van der Waals surface area (Å²) in [6.45, 7) is 0. The number of aromatic hydroxyl groups is 1. The van der Waals surface area contributed by atoms with Crippen molar-refractivity contribution in [2.75, 3.05) is 5.32 Å². The van der Waals surface area contributed by atoms with Crippen LogP contribution in [-0.2, 0) is 0 Å². The Bertz CT molecular complexity index is 389. The number of primary amides is 1. The van der Waals surface area contributed by atoms with Crippen LogP contribution in [0.2, 0.25) is 0 Å². The lowest BCUT2D eigenvalue weighted by molar-refractivity contribution is 0.0694. The Hall–Kier alpha value is -2.24. The minimum atomic E-state index is -1.24. The van der Waals surface area contributed by atoms with E-state index in [1.165, 1.54) is 12.1 Å². The predicted octanol–water partition coefficient (Wildman–Crippen LogP) is 0.581. The number of benzene rings is 1. The zero-order valence-electron chi connectivity index (χ0n) is 7.02. The van der Waals surface area contributed by atoms with Gasteiger partial charge in [-0.15, -0.1) is 0 Å². The number of carbonyl (C=O) groups is 2. The van der Waals surface area contributed by atoms with E-state index in [2.05, 4.69) is 5.32 Å². The molecule has 0 aliphatic heterocycles. The van der Waals surface area contributed by atoms with Gasteiger partial charge < -0.3 is 21.3 Å². The van der Waals surface area contributed by atoms with Gasteiger partial charge in [-0.25, -0.2) is 9.59 Å². The molecule has 0 heterocycles. The lowest BCUT2D eigenvalue weighted by atomic mass is 10.2. The molecule has 0 fully saturated rings. The summed E-state index contributed by atoms with van der Waals surface area (Å²) in [5.41, 5.74) is 4.82. The van der Waals surface area contributed by atoms with Crippen LogP contribution in [0, 0.1) is 0 Å². The minimum absolute atomic E-state index is 0.236. The van der Waals surface area contributed by atoms with E-state index in [0.717, 1.165) is 6.07 Å². The molecule has 0 bridgehead atoms. The summed E-state index contributed by atoms with van der Waals surface area (Å²) in [4.78, 5) is 20.9. The fourth-order valence-corrected chi connectivity index (χ4v) is 0.933. The minimum Gasteiger partial charge on any atom is -0.507 e. The molecular weight excluding hydrogens is 188 g/mol. The van der Waals surface area contributed by atoms with E-state index in [1.54, 1.807) is 0 Å². The second-order valence-corrected chi connectivity index (χ2v) is 2.53. The van der Waals surface area contributed by atoms with Crippen LogP contribution in [0.5, 0.6) is 5.75 Å². The standard InChI is InChI=1S/C8H8N2O4/c9-8(14)10-4-1-2-5(7(12)13)6(11)3-4/h1-3,11H,(H,12,13)(H3,9,10,14). The van der Waals surface area contributed by atoms with Crippen molar-refractivity contribution in [1.82, 2.24) is 0 Å². The summed E-state index contributed by atoms with van der Waals surface area (Å²) in [7, 11) is 0. The van der Waals surface area contributed by atoms with Crippen molar-refractivity contribution in [2.24, 2.45) is 5.73 Å². The molecule has 0 unspecified atom stereocenters. The van der Waals surface area contributed by atoms with Gasteiger partial charge in [0.1, 0.15) is 11.3 Å². The maximum absolute atomic E-state index is 10.5. The van der Waals surface area contributed by atoms with Gasteiger partial charge in [-0.1, -0.05) is 0 Å². The number of rotatable bonds is 2. The smallest absolute Gasteiger partial charge is 0.339 e. The molecule has 1 rings (SSSR count). The summed E-state index contributed by atoms with van der Waals surface area (Å²) in [5.74, 6) is -1.67. The summed E-state index contributed by atoms with van der Waals surface area (Å²) in [6.07, 6.45) is 0. The zero-order valence-corrected chi connectivity index (χ0v) is 7.02. The number of aromatic carboxylic acids is 1. The molecule has 0 aromatic heterocycles. The fourth-order valence-electron chi connectivity index (χ4n) is 0.933. The zero-order chi connectivity index (χ0) is 10.7. The van der Waals surface area contributed by atoms with Crippen LogP contribution in [0.15, 0.2) is 18.2 Å². The molecule has 0 radical (unpaired) electrons. The number of anilines is 1. The quantitative estimate of drug-likeness (QED) is 0.554. The summed E-state index contributed by atoms with van der Waals surface area (Å²) in [5, 5.41) is 20.0. The van der Waals surface area contributed by atoms with Crippen molar-refractivity contribution in [3.8, 4) is 5.75 Å². The molecule has 14 heavy (non-hydrogen) atoms. The maximum Gasteiger partial charge on any atom is 0.339 e. The molecule has 6 nitrogen and oxygen atoms in total. The molecule has 1 aromatic carbocycles. The van der Waals surface area contributed by atoms with E-state index in [0.29, 0.717) is 0 Å². The largest absolute Gasteiger partial charge is 0.507 e. The molecule has 0 atom stereocenters. The van der Waals surface area contributed by atoms with Crippen molar-refractivity contribution in [2.45, 2.75) is 0 Å². The van der Waals surface area contributed by atoms with Crippen LogP contribution in [0.3, 0.4) is 0 Å². The van der Waals surface area contributed by atoms with E-state index in [4.69, 9.17) is 10.8 Å². The molecular formula is C8H8N2O4. The molecule has 0 saturated carbocycles. The number of phenols is 1. The topological polar surface area (TPSA) is 113 Å². The van der Waals surface area contributed by atoms with Gasteiger partial charge in [-0.3, -0.25) is 0 Å². The average Bonchev–Trinajstić information content (AvgIpc) is 2.01. The number of carboxylic acids is 1. The Morgan fingerprint density at radius 2 is 2.00 bits per heavy atom. The van der Waals surface area contributed by atoms with Crippen molar-refractivity contribution in [3.05, 3.63) is 23.8 Å². The van der Waals surface area contributed by atoms with E-state index in [9.17, 15) is 14.7 Å². The van der Waals surface area contributed by atoms with Crippen molar-refractivity contribution in [1.29, 1.82) is 0 Å². The Labute approximate surface area is 79.0 Å². The Balaban J connectivity index is 3.00. The number of amides is 2. The highest BCUT2D eigenvalue weighted by molar-refractivity contribution is 5.93. The van der Waals surface area contributed by atoms with Gasteiger partial charge in [0.15, 0.2) is 0 Å². The SMILES string of the molecule is NC(=O)Nc1ccc(C(=O)O)c(O)c1. The van der Waals surface area contributed by atoms with E-state index in [-0.39, 0.29) is 11.3 Å². The van der Waals surface area contributed by atoms with Gasteiger partial charge in [-0.2, -0.15) is 0 Å². The highest BCUT2D eigenvalue weighted by atomic mass is 16.4. The first kappa shape index (κ1) is 9.85. The molecule has 74 valence electrons. The van der Waals surface area contributed by atoms with Crippen LogP contribution in [0.4, 0.5) is 10.5 Å². The molecule has 6 heteroatoms. The van der Waals surface area contributed by atoms with Crippen molar-refractivity contribution < 1.29 is 19.8 Å². The van der Waals surface area contributed by atoms with E-state index in [1.807, 2.05) is 0 Å². The van der Waals surface area contributed by atoms with Gasteiger partial charge in [0, 0.05) is 11.8 Å². The normalized spacial score (nSPS) is 9.43. The average molecular weight is 196 g/mol. The second-order valence-electron chi connectivity index (χ2n) is 2.53. The maximum atomic E-state index is 10.5. The number of carbonyl (C=O) groups excluding carboxylic acids is 1. The lowest BCUT2D eigenvalue weighted by Crippen LogP contribution is -2.19. The van der Waals surface area contributed by atoms with Crippen LogP contribution >= 0.6 is 0 Å². The highest BCUT2D eigenvalue weighted by Gasteiger charge is 2.09. The van der Waals surface area contributed by atoms with E-state index < -0.39 is 17.7 Å².